The highest BCUT2D eigenvalue weighted by Gasteiger charge is 2.37. The summed E-state index contributed by atoms with van der Waals surface area (Å²) in [7, 11) is 0. The van der Waals surface area contributed by atoms with E-state index in [0.717, 1.165) is 12.0 Å². The molecular weight excluding hydrogens is 322 g/mol. The normalized spacial score (nSPS) is 23.4. The Morgan fingerprint density at radius 1 is 1.32 bits per heavy atom. The van der Waals surface area contributed by atoms with Gasteiger partial charge in [-0.05, 0) is 6.42 Å². The largest absolute Gasteiger partial charge is 0.388 e. The zero-order valence-corrected chi connectivity index (χ0v) is 14.1. The Morgan fingerprint density at radius 3 is 2.80 bits per heavy atom. The summed E-state index contributed by atoms with van der Waals surface area (Å²) in [6, 6.07) is 8.95. The highest BCUT2D eigenvalue weighted by Crippen LogP contribution is 2.20. The van der Waals surface area contributed by atoms with Crippen LogP contribution in [-0.2, 0) is 4.74 Å². The molecule has 1 aromatic heterocycles. The van der Waals surface area contributed by atoms with Gasteiger partial charge in [-0.3, -0.25) is 4.79 Å². The van der Waals surface area contributed by atoms with Crippen LogP contribution in [-0.4, -0.2) is 69.0 Å². The summed E-state index contributed by atoms with van der Waals surface area (Å²) in [5.74, 6) is 0.346. The maximum atomic E-state index is 12.9. The molecule has 25 heavy (non-hydrogen) atoms. The Morgan fingerprint density at radius 2 is 2.08 bits per heavy atom. The third kappa shape index (κ3) is 3.73. The number of carbonyl (C=O) groups excluding carboxylic acids is 1. The SMILES string of the molecule is CCCN(C(=O)c1cnc(-c2ccccc2)[nH]1)[C@@H]1COC[C@@H](O)[C@H]1O. The number of rotatable bonds is 5. The highest BCUT2D eigenvalue weighted by atomic mass is 16.5. The molecule has 0 unspecified atom stereocenters. The fourth-order valence-electron chi connectivity index (χ4n) is 3.02. The number of hydrogen-bond acceptors (Lipinski definition) is 5. The first kappa shape index (κ1) is 17.6. The Labute approximate surface area is 146 Å². The monoisotopic (exact) mass is 345 g/mol. The van der Waals surface area contributed by atoms with E-state index in [1.54, 1.807) is 4.90 Å². The fraction of sp³-hybridized carbons (Fsp3) is 0.444. The van der Waals surface area contributed by atoms with E-state index < -0.39 is 18.2 Å². The molecule has 2 heterocycles. The van der Waals surface area contributed by atoms with Crippen molar-refractivity contribution in [2.75, 3.05) is 19.8 Å². The molecule has 7 nitrogen and oxygen atoms in total. The van der Waals surface area contributed by atoms with Crippen molar-refractivity contribution in [2.24, 2.45) is 0 Å². The third-order valence-corrected chi connectivity index (χ3v) is 4.34. The van der Waals surface area contributed by atoms with Crippen LogP contribution < -0.4 is 0 Å². The van der Waals surface area contributed by atoms with E-state index in [1.807, 2.05) is 37.3 Å². The summed E-state index contributed by atoms with van der Waals surface area (Å²) in [6.07, 6.45) is 0.207. The maximum absolute atomic E-state index is 12.9. The quantitative estimate of drug-likeness (QED) is 0.752. The Bertz CT molecular complexity index is 703. The molecule has 3 N–H and O–H groups in total. The lowest BCUT2D eigenvalue weighted by molar-refractivity contribution is -0.125. The number of hydrogen-bond donors (Lipinski definition) is 3. The minimum absolute atomic E-state index is 0.0774. The number of aliphatic hydroxyl groups is 2. The molecule has 2 aromatic rings. The van der Waals surface area contributed by atoms with Crippen LogP contribution in [0.15, 0.2) is 36.5 Å². The standard InChI is InChI=1S/C18H23N3O4/c1-2-8-21(14-10-25-11-15(22)16(14)23)18(24)13-9-19-17(20-13)12-6-4-3-5-7-12/h3-7,9,14-16,22-23H,2,8,10-11H2,1H3,(H,19,20)/t14-,15-,16+/m1/s1. The van der Waals surface area contributed by atoms with Gasteiger partial charge in [-0.25, -0.2) is 4.98 Å². The molecule has 1 saturated heterocycles. The first-order valence-corrected chi connectivity index (χ1v) is 8.47. The van der Waals surface area contributed by atoms with Crippen LogP contribution in [0.4, 0.5) is 0 Å². The zero-order valence-electron chi connectivity index (χ0n) is 14.1. The van der Waals surface area contributed by atoms with E-state index in [2.05, 4.69) is 9.97 Å². The van der Waals surface area contributed by atoms with Gasteiger partial charge < -0.3 is 24.8 Å². The molecule has 1 aliphatic heterocycles. The van der Waals surface area contributed by atoms with Crippen molar-refractivity contribution in [2.45, 2.75) is 31.6 Å². The highest BCUT2D eigenvalue weighted by molar-refractivity contribution is 5.93. The van der Waals surface area contributed by atoms with Crippen molar-refractivity contribution in [3.8, 4) is 11.4 Å². The third-order valence-electron chi connectivity index (χ3n) is 4.34. The molecule has 1 aliphatic rings. The van der Waals surface area contributed by atoms with Gasteiger partial charge >= 0.3 is 0 Å². The number of amides is 1. The topological polar surface area (TPSA) is 98.7 Å². The Balaban J connectivity index is 1.82. The van der Waals surface area contributed by atoms with E-state index in [9.17, 15) is 15.0 Å². The molecule has 1 fully saturated rings. The van der Waals surface area contributed by atoms with Crippen molar-refractivity contribution >= 4 is 5.91 Å². The molecule has 0 bridgehead atoms. The number of aromatic nitrogens is 2. The molecule has 0 radical (unpaired) electrons. The van der Waals surface area contributed by atoms with Gasteiger partial charge in [0.25, 0.3) is 5.91 Å². The first-order valence-electron chi connectivity index (χ1n) is 8.47. The summed E-state index contributed by atoms with van der Waals surface area (Å²) in [5, 5.41) is 20.1. The van der Waals surface area contributed by atoms with E-state index >= 15 is 0 Å². The number of benzene rings is 1. The number of aromatic amines is 1. The number of aliphatic hydroxyl groups excluding tert-OH is 2. The van der Waals surface area contributed by atoms with E-state index in [-0.39, 0.29) is 19.1 Å². The molecule has 3 rings (SSSR count). The minimum atomic E-state index is -1.03. The Hall–Kier alpha value is -2.22. The van der Waals surface area contributed by atoms with Crippen LogP contribution in [0.2, 0.25) is 0 Å². The second kappa shape index (κ2) is 7.77. The summed E-state index contributed by atoms with van der Waals surface area (Å²) in [5.41, 5.74) is 1.24. The van der Waals surface area contributed by atoms with Gasteiger partial charge in [0.05, 0.1) is 25.5 Å². The fourth-order valence-corrected chi connectivity index (χ4v) is 3.02. The second-order valence-electron chi connectivity index (χ2n) is 6.17. The van der Waals surface area contributed by atoms with Crippen molar-refractivity contribution in [1.29, 1.82) is 0 Å². The van der Waals surface area contributed by atoms with Crippen LogP contribution in [0.3, 0.4) is 0 Å². The Kier molecular flexibility index (Phi) is 5.47. The predicted octanol–water partition coefficient (Wildman–Crippen LogP) is 1.05. The lowest BCUT2D eigenvalue weighted by Gasteiger charge is -2.39. The van der Waals surface area contributed by atoms with Crippen LogP contribution in [0, 0.1) is 0 Å². The second-order valence-corrected chi connectivity index (χ2v) is 6.17. The van der Waals surface area contributed by atoms with Crippen molar-refractivity contribution in [3.05, 3.63) is 42.2 Å². The molecule has 1 aromatic carbocycles. The molecular formula is C18H23N3O4. The van der Waals surface area contributed by atoms with Crippen molar-refractivity contribution in [1.82, 2.24) is 14.9 Å². The maximum Gasteiger partial charge on any atom is 0.272 e. The zero-order chi connectivity index (χ0) is 17.8. The first-order chi connectivity index (χ1) is 12.1. The van der Waals surface area contributed by atoms with Gasteiger partial charge in [-0.2, -0.15) is 0 Å². The smallest absolute Gasteiger partial charge is 0.272 e. The van der Waals surface area contributed by atoms with E-state index in [0.29, 0.717) is 18.1 Å². The van der Waals surface area contributed by atoms with Crippen LogP contribution in [0.25, 0.3) is 11.4 Å². The van der Waals surface area contributed by atoms with Gasteiger partial charge in [0.1, 0.15) is 23.7 Å². The molecule has 3 atom stereocenters. The summed E-state index contributed by atoms with van der Waals surface area (Å²) in [6.45, 7) is 2.68. The van der Waals surface area contributed by atoms with Crippen LogP contribution in [0.1, 0.15) is 23.8 Å². The minimum Gasteiger partial charge on any atom is -0.388 e. The average molecular weight is 345 g/mol. The lowest BCUT2D eigenvalue weighted by atomic mass is 10.0. The van der Waals surface area contributed by atoms with Gasteiger partial charge in [-0.15, -0.1) is 0 Å². The van der Waals surface area contributed by atoms with Gasteiger partial charge in [-0.1, -0.05) is 37.3 Å². The van der Waals surface area contributed by atoms with Gasteiger partial charge in [0.2, 0.25) is 0 Å². The van der Waals surface area contributed by atoms with Crippen LogP contribution in [0.5, 0.6) is 0 Å². The predicted molar refractivity (Wildman–Crippen MR) is 92.0 cm³/mol. The number of ether oxygens (including phenoxy) is 1. The summed E-state index contributed by atoms with van der Waals surface area (Å²) in [4.78, 5) is 21.8. The van der Waals surface area contributed by atoms with E-state index in [1.165, 1.54) is 6.20 Å². The van der Waals surface area contributed by atoms with Gasteiger partial charge in [0.15, 0.2) is 0 Å². The lowest BCUT2D eigenvalue weighted by Crippen LogP contribution is -2.57. The van der Waals surface area contributed by atoms with Crippen molar-refractivity contribution < 1.29 is 19.7 Å². The van der Waals surface area contributed by atoms with Crippen molar-refractivity contribution in [3.63, 3.8) is 0 Å². The average Bonchev–Trinajstić information content (AvgIpc) is 3.13. The molecule has 134 valence electrons. The number of carbonyl (C=O) groups is 1. The number of nitrogens with zero attached hydrogens (tertiary/aromatic N) is 2. The summed E-state index contributed by atoms with van der Waals surface area (Å²) < 4.78 is 5.32. The van der Waals surface area contributed by atoms with Crippen LogP contribution >= 0.6 is 0 Å². The summed E-state index contributed by atoms with van der Waals surface area (Å²) >= 11 is 0. The number of H-pyrrole nitrogens is 1. The molecule has 0 saturated carbocycles. The van der Waals surface area contributed by atoms with Gasteiger partial charge in [0, 0.05) is 12.1 Å². The number of nitrogens with one attached hydrogen (secondary N) is 1. The molecule has 1 amide bonds. The molecule has 0 spiro atoms. The van der Waals surface area contributed by atoms with E-state index in [4.69, 9.17) is 4.74 Å². The molecule has 0 aliphatic carbocycles. The molecule has 7 heteroatoms. The number of imidazole rings is 1.